The Kier molecular flexibility index (Phi) is 4.61. The predicted octanol–water partition coefficient (Wildman–Crippen LogP) is 4.87. The summed E-state index contributed by atoms with van der Waals surface area (Å²) in [5.74, 6) is 0.00977. The first-order valence-corrected chi connectivity index (χ1v) is 9.52. The highest BCUT2D eigenvalue weighted by Gasteiger charge is 2.24. The van der Waals surface area contributed by atoms with E-state index in [1.54, 1.807) is 11.3 Å². The third-order valence-corrected chi connectivity index (χ3v) is 5.70. The summed E-state index contributed by atoms with van der Waals surface area (Å²) in [6, 6.07) is 19.6. The normalized spacial score (nSPS) is 13.3. The van der Waals surface area contributed by atoms with Gasteiger partial charge in [-0.1, -0.05) is 48.5 Å². The van der Waals surface area contributed by atoms with Crippen LogP contribution < -0.4 is 4.90 Å². The van der Waals surface area contributed by atoms with Gasteiger partial charge in [0.05, 0.1) is 12.2 Å². The molecule has 1 aromatic heterocycles. The first-order chi connectivity index (χ1) is 12.3. The van der Waals surface area contributed by atoms with Crippen LogP contribution in [0.3, 0.4) is 0 Å². The van der Waals surface area contributed by atoms with Crippen molar-refractivity contribution in [2.45, 2.75) is 32.2 Å². The van der Waals surface area contributed by atoms with Crippen molar-refractivity contribution in [3.05, 3.63) is 82.4 Å². The van der Waals surface area contributed by atoms with Crippen molar-refractivity contribution in [1.29, 1.82) is 0 Å². The highest BCUT2D eigenvalue weighted by molar-refractivity contribution is 7.16. The van der Waals surface area contributed by atoms with E-state index in [1.807, 2.05) is 53.4 Å². The highest BCUT2D eigenvalue weighted by atomic mass is 32.1. The minimum absolute atomic E-state index is 0.00977. The molecule has 0 fully saturated rings. The number of anilines is 1. The van der Waals surface area contributed by atoms with E-state index in [9.17, 15) is 4.79 Å². The minimum Gasteiger partial charge on any atom is -0.279 e. The number of benzene rings is 2. The Morgan fingerprint density at radius 1 is 0.960 bits per heavy atom. The van der Waals surface area contributed by atoms with Gasteiger partial charge < -0.3 is 0 Å². The molecule has 4 heteroatoms. The van der Waals surface area contributed by atoms with Crippen LogP contribution in [0.25, 0.3) is 0 Å². The summed E-state index contributed by atoms with van der Waals surface area (Å²) in [5.41, 5.74) is 3.00. The summed E-state index contributed by atoms with van der Waals surface area (Å²) in [7, 11) is 0. The number of rotatable bonds is 4. The number of hydrogen-bond donors (Lipinski definition) is 0. The third-order valence-electron chi connectivity index (χ3n) is 4.51. The van der Waals surface area contributed by atoms with Crippen molar-refractivity contribution < 1.29 is 4.79 Å². The minimum atomic E-state index is 0.00977. The molecule has 0 saturated carbocycles. The molecule has 0 radical (unpaired) electrons. The van der Waals surface area contributed by atoms with E-state index in [1.165, 1.54) is 23.4 Å². The van der Waals surface area contributed by atoms with Gasteiger partial charge in [-0.05, 0) is 43.4 Å². The van der Waals surface area contributed by atoms with Crippen LogP contribution in [0.15, 0.2) is 60.7 Å². The van der Waals surface area contributed by atoms with Gasteiger partial charge in [0.25, 0.3) is 5.91 Å². The summed E-state index contributed by atoms with van der Waals surface area (Å²) < 4.78 is 0. The largest absolute Gasteiger partial charge is 0.279 e. The Morgan fingerprint density at radius 2 is 1.64 bits per heavy atom. The van der Waals surface area contributed by atoms with Gasteiger partial charge in [0.2, 0.25) is 0 Å². The maximum atomic E-state index is 13.2. The molecule has 0 saturated heterocycles. The van der Waals surface area contributed by atoms with Crippen LogP contribution in [0, 0.1) is 0 Å². The molecule has 1 aliphatic carbocycles. The molecular formula is C21H20N2OS. The second-order valence-corrected chi connectivity index (χ2v) is 7.38. The summed E-state index contributed by atoms with van der Waals surface area (Å²) in [5, 5.41) is 0.824. The second kappa shape index (κ2) is 7.19. The smallest absolute Gasteiger partial charge is 0.260 e. The molecule has 3 aromatic rings. The van der Waals surface area contributed by atoms with Crippen molar-refractivity contribution in [3.63, 3.8) is 0 Å². The maximum Gasteiger partial charge on any atom is 0.260 e. The van der Waals surface area contributed by atoms with E-state index in [0.29, 0.717) is 12.1 Å². The number of hydrogen-bond acceptors (Lipinski definition) is 3. The lowest BCUT2D eigenvalue weighted by atomic mass is 10.0. The molecule has 0 spiro atoms. The number of nitrogens with zero attached hydrogens (tertiary/aromatic N) is 2. The number of amides is 1. The van der Waals surface area contributed by atoms with Crippen molar-refractivity contribution in [2.24, 2.45) is 0 Å². The Balaban J connectivity index is 1.70. The van der Waals surface area contributed by atoms with E-state index in [4.69, 9.17) is 4.98 Å². The molecule has 1 heterocycles. The van der Waals surface area contributed by atoms with Gasteiger partial charge in [0.15, 0.2) is 5.13 Å². The topological polar surface area (TPSA) is 33.2 Å². The van der Waals surface area contributed by atoms with Crippen LogP contribution in [0.2, 0.25) is 0 Å². The zero-order valence-electron chi connectivity index (χ0n) is 14.0. The predicted molar refractivity (Wildman–Crippen MR) is 102 cm³/mol. The number of carbonyl (C=O) groups is 1. The molecule has 1 aliphatic rings. The highest BCUT2D eigenvalue weighted by Crippen LogP contribution is 2.33. The average molecular weight is 348 g/mol. The first-order valence-electron chi connectivity index (χ1n) is 8.71. The first kappa shape index (κ1) is 16.0. The lowest BCUT2D eigenvalue weighted by Crippen LogP contribution is -2.30. The Hall–Kier alpha value is -2.46. The van der Waals surface area contributed by atoms with Gasteiger partial charge in [-0.15, -0.1) is 11.3 Å². The van der Waals surface area contributed by atoms with E-state index in [0.717, 1.165) is 23.5 Å². The van der Waals surface area contributed by atoms with Crippen LogP contribution >= 0.6 is 11.3 Å². The monoisotopic (exact) mass is 348 g/mol. The molecule has 0 aliphatic heterocycles. The van der Waals surface area contributed by atoms with Gasteiger partial charge in [-0.25, -0.2) is 4.98 Å². The Labute approximate surface area is 152 Å². The zero-order valence-corrected chi connectivity index (χ0v) is 14.8. The lowest BCUT2D eigenvalue weighted by molar-refractivity contribution is 0.0985. The molecular weight excluding hydrogens is 328 g/mol. The zero-order chi connectivity index (χ0) is 17.1. The molecule has 126 valence electrons. The number of aromatic nitrogens is 1. The third kappa shape index (κ3) is 3.49. The van der Waals surface area contributed by atoms with Crippen LogP contribution in [0.5, 0.6) is 0 Å². The van der Waals surface area contributed by atoms with E-state index in [-0.39, 0.29) is 5.91 Å². The molecule has 0 bridgehead atoms. The lowest BCUT2D eigenvalue weighted by Gasteiger charge is -2.20. The van der Waals surface area contributed by atoms with Gasteiger partial charge in [-0.3, -0.25) is 9.69 Å². The molecule has 0 N–H and O–H groups in total. The van der Waals surface area contributed by atoms with Crippen LogP contribution in [0.4, 0.5) is 5.13 Å². The number of carbonyl (C=O) groups excluding carboxylic acids is 1. The summed E-state index contributed by atoms with van der Waals surface area (Å²) in [4.78, 5) is 21.1. The van der Waals surface area contributed by atoms with Crippen molar-refractivity contribution in [1.82, 2.24) is 4.98 Å². The van der Waals surface area contributed by atoms with Crippen molar-refractivity contribution >= 4 is 22.4 Å². The molecule has 2 aromatic carbocycles. The molecule has 25 heavy (non-hydrogen) atoms. The van der Waals surface area contributed by atoms with Gasteiger partial charge in [-0.2, -0.15) is 0 Å². The van der Waals surface area contributed by atoms with E-state index < -0.39 is 0 Å². The molecule has 0 unspecified atom stereocenters. The standard InChI is InChI=1S/C21H20N2OS/c24-20(17-11-5-2-6-12-17)23(15-16-9-3-1-4-10-16)21-22-18-13-7-8-14-19(18)25-21/h1-6,9-12H,7-8,13-15H2. The Morgan fingerprint density at radius 3 is 2.36 bits per heavy atom. The molecule has 1 amide bonds. The maximum absolute atomic E-state index is 13.2. The summed E-state index contributed by atoms with van der Waals surface area (Å²) >= 11 is 1.68. The fourth-order valence-corrected chi connectivity index (χ4v) is 4.33. The average Bonchev–Trinajstić information content (AvgIpc) is 3.11. The van der Waals surface area contributed by atoms with Crippen LogP contribution in [-0.4, -0.2) is 10.9 Å². The quantitative estimate of drug-likeness (QED) is 0.674. The molecule has 0 atom stereocenters. The SMILES string of the molecule is O=C(c1ccccc1)N(Cc1ccccc1)c1nc2c(s1)CCCC2. The Bertz CT molecular complexity index is 835. The van der Waals surface area contributed by atoms with Crippen molar-refractivity contribution in [2.75, 3.05) is 4.90 Å². The van der Waals surface area contributed by atoms with Gasteiger partial charge >= 0.3 is 0 Å². The van der Waals surface area contributed by atoms with Crippen LogP contribution in [0.1, 0.15) is 39.3 Å². The van der Waals surface area contributed by atoms with Gasteiger partial charge in [0, 0.05) is 10.4 Å². The van der Waals surface area contributed by atoms with Gasteiger partial charge in [0.1, 0.15) is 0 Å². The number of aryl methyl sites for hydroxylation is 2. The summed E-state index contributed by atoms with van der Waals surface area (Å²) in [6.07, 6.45) is 4.54. The second-order valence-electron chi connectivity index (χ2n) is 6.32. The van der Waals surface area contributed by atoms with E-state index >= 15 is 0 Å². The fourth-order valence-electron chi connectivity index (χ4n) is 3.18. The van der Waals surface area contributed by atoms with Crippen molar-refractivity contribution in [3.8, 4) is 0 Å². The van der Waals surface area contributed by atoms with Crippen LogP contribution in [-0.2, 0) is 19.4 Å². The summed E-state index contributed by atoms with van der Waals surface area (Å²) in [6.45, 7) is 0.543. The molecule has 4 rings (SSSR count). The van der Waals surface area contributed by atoms with E-state index in [2.05, 4.69) is 12.1 Å². The number of thiazole rings is 1. The number of fused-ring (bicyclic) bond motifs is 1. The molecule has 3 nitrogen and oxygen atoms in total. The fraction of sp³-hybridized carbons (Fsp3) is 0.238.